The van der Waals surface area contributed by atoms with E-state index in [1.165, 1.54) is 5.56 Å². The summed E-state index contributed by atoms with van der Waals surface area (Å²) in [5.41, 5.74) is 8.54. The van der Waals surface area contributed by atoms with Gasteiger partial charge in [-0.1, -0.05) is 12.1 Å². The van der Waals surface area contributed by atoms with Crippen molar-refractivity contribution in [3.63, 3.8) is 0 Å². The van der Waals surface area contributed by atoms with Crippen molar-refractivity contribution >= 4 is 5.69 Å². The summed E-state index contributed by atoms with van der Waals surface area (Å²) >= 11 is 0. The van der Waals surface area contributed by atoms with Gasteiger partial charge in [-0.2, -0.15) is 0 Å². The van der Waals surface area contributed by atoms with Crippen LogP contribution in [0.5, 0.6) is 0 Å². The van der Waals surface area contributed by atoms with Crippen molar-refractivity contribution in [2.24, 2.45) is 5.73 Å². The molecule has 0 saturated carbocycles. The Bertz CT molecular complexity index is 369. The van der Waals surface area contributed by atoms with Crippen molar-refractivity contribution < 1.29 is 5.11 Å². The number of rotatable bonds is 5. The molecule has 0 saturated heterocycles. The van der Waals surface area contributed by atoms with E-state index in [1.807, 2.05) is 13.8 Å². The van der Waals surface area contributed by atoms with Crippen LogP contribution < -0.4 is 10.6 Å². The van der Waals surface area contributed by atoms with Crippen molar-refractivity contribution in [3.05, 3.63) is 29.3 Å². The summed E-state index contributed by atoms with van der Waals surface area (Å²) in [5.74, 6) is 0. The molecule has 0 aliphatic heterocycles. The second kappa shape index (κ2) is 5.52. The smallest absolute Gasteiger partial charge is 0.0765 e. The first-order chi connectivity index (χ1) is 7.87. The molecule has 0 amide bonds. The average Bonchev–Trinajstić information content (AvgIpc) is 2.24. The summed E-state index contributed by atoms with van der Waals surface area (Å²) in [5, 5.41) is 9.94. The number of anilines is 1. The minimum Gasteiger partial charge on any atom is -0.389 e. The zero-order valence-electron chi connectivity index (χ0n) is 11.3. The number of benzene rings is 1. The molecule has 0 aliphatic carbocycles. The highest BCUT2D eigenvalue weighted by Gasteiger charge is 2.19. The number of likely N-dealkylation sites (N-methyl/N-ethyl adjacent to an activating group) is 1. The predicted octanol–water partition coefficient (Wildman–Crippen LogP) is 2.05. The van der Waals surface area contributed by atoms with Crippen LogP contribution in [-0.2, 0) is 6.54 Å². The van der Waals surface area contributed by atoms with E-state index in [-0.39, 0.29) is 0 Å². The molecule has 1 rings (SSSR count). The van der Waals surface area contributed by atoms with Crippen LogP contribution in [0.4, 0.5) is 5.69 Å². The molecule has 0 bridgehead atoms. The van der Waals surface area contributed by atoms with E-state index in [9.17, 15) is 5.11 Å². The fourth-order valence-electron chi connectivity index (χ4n) is 1.98. The molecule has 0 heterocycles. The van der Waals surface area contributed by atoms with Gasteiger partial charge in [0, 0.05) is 25.3 Å². The van der Waals surface area contributed by atoms with Gasteiger partial charge in [0.25, 0.3) is 0 Å². The van der Waals surface area contributed by atoms with E-state index in [4.69, 9.17) is 5.73 Å². The summed E-state index contributed by atoms with van der Waals surface area (Å²) in [6, 6.07) is 6.28. The molecule has 1 aromatic rings. The molecule has 0 aliphatic rings. The Morgan fingerprint density at radius 3 is 2.47 bits per heavy atom. The molecule has 3 heteroatoms. The van der Waals surface area contributed by atoms with Crippen molar-refractivity contribution in [3.8, 4) is 0 Å². The van der Waals surface area contributed by atoms with Gasteiger partial charge in [-0.25, -0.2) is 0 Å². The second-order valence-corrected chi connectivity index (χ2v) is 5.16. The van der Waals surface area contributed by atoms with E-state index in [0.29, 0.717) is 13.1 Å². The largest absolute Gasteiger partial charge is 0.389 e. The number of aryl methyl sites for hydroxylation is 1. The normalized spacial score (nSPS) is 11.6. The minimum absolute atomic E-state index is 0.526. The third-order valence-electron chi connectivity index (χ3n) is 2.76. The van der Waals surface area contributed by atoms with Gasteiger partial charge < -0.3 is 15.7 Å². The second-order valence-electron chi connectivity index (χ2n) is 5.16. The molecule has 1 aromatic carbocycles. The summed E-state index contributed by atoms with van der Waals surface area (Å²) in [7, 11) is 0. The maximum Gasteiger partial charge on any atom is 0.0765 e. The zero-order valence-corrected chi connectivity index (χ0v) is 11.3. The Labute approximate surface area is 104 Å². The lowest BCUT2D eigenvalue weighted by atomic mass is 10.1. The van der Waals surface area contributed by atoms with Crippen molar-refractivity contribution in [1.82, 2.24) is 0 Å². The molecule has 0 radical (unpaired) electrons. The van der Waals surface area contributed by atoms with Crippen LogP contribution in [-0.4, -0.2) is 23.8 Å². The molecular formula is C14H24N2O. The average molecular weight is 236 g/mol. The molecule has 0 atom stereocenters. The first-order valence-electron chi connectivity index (χ1n) is 6.14. The van der Waals surface area contributed by atoms with Gasteiger partial charge in [0.05, 0.1) is 5.60 Å². The van der Waals surface area contributed by atoms with Crippen LogP contribution in [0.3, 0.4) is 0 Å². The lowest BCUT2D eigenvalue weighted by molar-refractivity contribution is 0.0875. The highest BCUT2D eigenvalue weighted by Crippen LogP contribution is 2.23. The van der Waals surface area contributed by atoms with E-state index in [2.05, 4.69) is 36.9 Å². The number of aliphatic hydroxyl groups is 1. The van der Waals surface area contributed by atoms with E-state index >= 15 is 0 Å². The van der Waals surface area contributed by atoms with Gasteiger partial charge in [-0.05, 0) is 44.9 Å². The summed E-state index contributed by atoms with van der Waals surface area (Å²) in [6.45, 7) is 9.82. The van der Waals surface area contributed by atoms with Gasteiger partial charge in [-0.3, -0.25) is 0 Å². The Balaban J connectivity index is 3.06. The maximum atomic E-state index is 9.94. The van der Waals surface area contributed by atoms with Gasteiger partial charge >= 0.3 is 0 Å². The molecule has 0 fully saturated rings. The summed E-state index contributed by atoms with van der Waals surface area (Å²) in [4.78, 5) is 2.18. The van der Waals surface area contributed by atoms with Gasteiger partial charge in [0.2, 0.25) is 0 Å². The molecule has 3 nitrogen and oxygen atoms in total. The lowest BCUT2D eigenvalue weighted by Crippen LogP contribution is -2.39. The van der Waals surface area contributed by atoms with Crippen LogP contribution in [0.25, 0.3) is 0 Å². The predicted molar refractivity (Wildman–Crippen MR) is 73.3 cm³/mol. The third-order valence-corrected chi connectivity index (χ3v) is 2.76. The third kappa shape index (κ3) is 4.02. The van der Waals surface area contributed by atoms with Crippen molar-refractivity contribution in [2.75, 3.05) is 18.0 Å². The number of nitrogens with two attached hydrogens (primary N) is 1. The first-order valence-corrected chi connectivity index (χ1v) is 6.14. The minimum atomic E-state index is -0.703. The SMILES string of the molecule is CCN(CC(C)(C)O)c1cc(C)ccc1CN. The number of hydrogen-bond acceptors (Lipinski definition) is 3. The first kappa shape index (κ1) is 14.0. The molecular weight excluding hydrogens is 212 g/mol. The van der Waals surface area contributed by atoms with Crippen LogP contribution >= 0.6 is 0 Å². The standard InChI is InChI=1S/C14H24N2O/c1-5-16(10-14(3,4)17)13-8-11(2)6-7-12(13)9-15/h6-8,17H,5,9-10,15H2,1-4H3. The zero-order chi connectivity index (χ0) is 13.1. The fourth-order valence-corrected chi connectivity index (χ4v) is 1.98. The van der Waals surface area contributed by atoms with Gasteiger partial charge in [-0.15, -0.1) is 0 Å². The Hall–Kier alpha value is -1.06. The molecule has 17 heavy (non-hydrogen) atoms. The monoisotopic (exact) mass is 236 g/mol. The Morgan fingerprint density at radius 2 is 2.00 bits per heavy atom. The molecule has 96 valence electrons. The Morgan fingerprint density at radius 1 is 1.35 bits per heavy atom. The quantitative estimate of drug-likeness (QED) is 0.822. The lowest BCUT2D eigenvalue weighted by Gasteiger charge is -2.31. The maximum absolute atomic E-state index is 9.94. The van der Waals surface area contributed by atoms with Crippen LogP contribution in [0.15, 0.2) is 18.2 Å². The Kier molecular flexibility index (Phi) is 4.54. The van der Waals surface area contributed by atoms with E-state index in [1.54, 1.807) is 0 Å². The van der Waals surface area contributed by atoms with Gasteiger partial charge in [0.1, 0.15) is 0 Å². The molecule has 0 spiro atoms. The van der Waals surface area contributed by atoms with E-state index in [0.717, 1.165) is 17.8 Å². The molecule has 0 unspecified atom stereocenters. The van der Waals surface area contributed by atoms with Crippen molar-refractivity contribution in [2.45, 2.75) is 39.8 Å². The van der Waals surface area contributed by atoms with Crippen LogP contribution in [0, 0.1) is 6.92 Å². The van der Waals surface area contributed by atoms with Gasteiger partial charge in [0.15, 0.2) is 0 Å². The highest BCUT2D eigenvalue weighted by molar-refractivity contribution is 5.55. The summed E-state index contributed by atoms with van der Waals surface area (Å²) in [6.07, 6.45) is 0. The molecule has 3 N–H and O–H groups in total. The fraction of sp³-hybridized carbons (Fsp3) is 0.571. The number of nitrogens with zero attached hydrogens (tertiary/aromatic N) is 1. The van der Waals surface area contributed by atoms with Crippen molar-refractivity contribution in [1.29, 1.82) is 0 Å². The highest BCUT2D eigenvalue weighted by atomic mass is 16.3. The van der Waals surface area contributed by atoms with Crippen LogP contribution in [0.2, 0.25) is 0 Å². The van der Waals surface area contributed by atoms with E-state index < -0.39 is 5.60 Å². The molecule has 0 aromatic heterocycles. The van der Waals surface area contributed by atoms with Crippen LogP contribution in [0.1, 0.15) is 31.9 Å². The topological polar surface area (TPSA) is 49.5 Å². The summed E-state index contributed by atoms with van der Waals surface area (Å²) < 4.78 is 0. The number of hydrogen-bond donors (Lipinski definition) is 2.